The normalized spacial score (nSPS) is 16.4. The van der Waals surface area contributed by atoms with E-state index in [1.165, 1.54) is 12.8 Å². The fourth-order valence-electron chi connectivity index (χ4n) is 1.14. The highest BCUT2D eigenvalue weighted by atomic mass is 16.3. The Morgan fingerprint density at radius 1 is 1.36 bits per heavy atom. The van der Waals surface area contributed by atoms with Gasteiger partial charge in [-0.05, 0) is 19.8 Å². The average molecular weight is 159 g/mol. The maximum Gasteiger partial charge on any atom is 0.0636 e. The molecule has 0 radical (unpaired) electrons. The molecular formula is C9H21NO. The molecule has 2 unspecified atom stereocenters. The van der Waals surface area contributed by atoms with Crippen molar-refractivity contribution in [3.63, 3.8) is 0 Å². The lowest BCUT2D eigenvalue weighted by molar-refractivity contribution is 0.184. The van der Waals surface area contributed by atoms with E-state index in [0.717, 1.165) is 13.0 Å². The molecule has 2 atom stereocenters. The molecule has 2 N–H and O–H groups in total. The van der Waals surface area contributed by atoms with Gasteiger partial charge in [-0.1, -0.05) is 20.3 Å². The molecule has 68 valence electrons. The fraction of sp³-hybridized carbons (Fsp3) is 1.00. The molecule has 0 spiro atoms. The van der Waals surface area contributed by atoms with Crippen LogP contribution in [-0.4, -0.2) is 23.8 Å². The first-order chi connectivity index (χ1) is 5.20. The minimum atomic E-state index is -0.221. The zero-order valence-electron chi connectivity index (χ0n) is 7.93. The van der Waals surface area contributed by atoms with E-state index < -0.39 is 0 Å². The summed E-state index contributed by atoms with van der Waals surface area (Å²) in [6.45, 7) is 6.90. The molecule has 0 rings (SSSR count). The van der Waals surface area contributed by atoms with Gasteiger partial charge in [-0.25, -0.2) is 0 Å². The zero-order chi connectivity index (χ0) is 8.69. The Balaban J connectivity index is 3.35. The van der Waals surface area contributed by atoms with E-state index in [2.05, 4.69) is 19.2 Å². The van der Waals surface area contributed by atoms with Crippen LogP contribution in [0.25, 0.3) is 0 Å². The van der Waals surface area contributed by atoms with Crippen LogP contribution < -0.4 is 5.32 Å². The third-order valence-corrected chi connectivity index (χ3v) is 1.83. The predicted octanol–water partition coefficient (Wildman–Crippen LogP) is 1.54. The van der Waals surface area contributed by atoms with E-state index in [9.17, 15) is 0 Å². The number of nitrogens with one attached hydrogen (secondary N) is 1. The van der Waals surface area contributed by atoms with Crippen molar-refractivity contribution in [2.24, 2.45) is 0 Å². The lowest BCUT2D eigenvalue weighted by atomic mass is 10.1. The minimum absolute atomic E-state index is 0.221. The summed E-state index contributed by atoms with van der Waals surface area (Å²) in [4.78, 5) is 0. The van der Waals surface area contributed by atoms with E-state index in [0.29, 0.717) is 6.04 Å². The van der Waals surface area contributed by atoms with E-state index in [1.54, 1.807) is 0 Å². The molecule has 0 amide bonds. The van der Waals surface area contributed by atoms with Crippen molar-refractivity contribution in [3.8, 4) is 0 Å². The van der Waals surface area contributed by atoms with E-state index in [-0.39, 0.29) is 6.10 Å². The number of rotatable bonds is 6. The maximum atomic E-state index is 9.00. The number of hydrogen-bond acceptors (Lipinski definition) is 2. The first-order valence-corrected chi connectivity index (χ1v) is 4.62. The van der Waals surface area contributed by atoms with Crippen molar-refractivity contribution >= 4 is 0 Å². The van der Waals surface area contributed by atoms with Crippen molar-refractivity contribution in [1.29, 1.82) is 0 Å². The van der Waals surface area contributed by atoms with Gasteiger partial charge >= 0.3 is 0 Å². The third kappa shape index (κ3) is 6.32. The summed E-state index contributed by atoms with van der Waals surface area (Å²) < 4.78 is 0. The highest BCUT2D eigenvalue weighted by Crippen LogP contribution is 2.00. The quantitative estimate of drug-likeness (QED) is 0.616. The topological polar surface area (TPSA) is 32.3 Å². The number of hydrogen-bond donors (Lipinski definition) is 2. The molecular weight excluding hydrogens is 138 g/mol. The largest absolute Gasteiger partial charge is 0.392 e. The second-order valence-corrected chi connectivity index (χ2v) is 3.15. The molecule has 0 aliphatic heterocycles. The highest BCUT2D eigenvalue weighted by molar-refractivity contribution is 4.65. The van der Waals surface area contributed by atoms with E-state index >= 15 is 0 Å². The van der Waals surface area contributed by atoms with Gasteiger partial charge in [0.1, 0.15) is 0 Å². The molecule has 0 aromatic heterocycles. The van der Waals surface area contributed by atoms with Crippen molar-refractivity contribution in [1.82, 2.24) is 5.32 Å². The Labute approximate surface area is 70.0 Å². The van der Waals surface area contributed by atoms with Crippen LogP contribution in [0.15, 0.2) is 0 Å². The molecule has 0 heterocycles. The molecule has 0 aromatic rings. The summed E-state index contributed by atoms with van der Waals surface area (Å²) in [7, 11) is 0. The molecule has 0 fully saturated rings. The van der Waals surface area contributed by atoms with Gasteiger partial charge < -0.3 is 10.4 Å². The van der Waals surface area contributed by atoms with Crippen LogP contribution in [0.5, 0.6) is 0 Å². The highest BCUT2D eigenvalue weighted by Gasteiger charge is 2.04. The Hall–Kier alpha value is -0.0800. The Morgan fingerprint density at radius 2 is 2.00 bits per heavy atom. The SMILES string of the molecule is CCCC(CC)NCC(C)O. The Morgan fingerprint density at radius 3 is 2.36 bits per heavy atom. The predicted molar refractivity (Wildman–Crippen MR) is 48.7 cm³/mol. The van der Waals surface area contributed by atoms with Gasteiger partial charge in [-0.15, -0.1) is 0 Å². The molecule has 11 heavy (non-hydrogen) atoms. The number of aliphatic hydroxyl groups is 1. The summed E-state index contributed by atoms with van der Waals surface area (Å²) in [6, 6.07) is 0.592. The molecule has 2 heteroatoms. The van der Waals surface area contributed by atoms with Crippen LogP contribution in [0.4, 0.5) is 0 Å². The van der Waals surface area contributed by atoms with Gasteiger partial charge in [0.2, 0.25) is 0 Å². The van der Waals surface area contributed by atoms with Gasteiger partial charge in [-0.2, -0.15) is 0 Å². The summed E-state index contributed by atoms with van der Waals surface area (Å²) in [5.41, 5.74) is 0. The van der Waals surface area contributed by atoms with Crippen molar-refractivity contribution in [2.45, 2.75) is 52.2 Å². The standard InChI is InChI=1S/C9H21NO/c1-4-6-9(5-2)10-7-8(3)11/h8-11H,4-7H2,1-3H3. The van der Waals surface area contributed by atoms with Crippen LogP contribution >= 0.6 is 0 Å². The second-order valence-electron chi connectivity index (χ2n) is 3.15. The molecule has 0 aliphatic rings. The fourth-order valence-corrected chi connectivity index (χ4v) is 1.14. The van der Waals surface area contributed by atoms with Crippen LogP contribution in [0, 0.1) is 0 Å². The molecule has 0 saturated carbocycles. The number of aliphatic hydroxyl groups excluding tert-OH is 1. The molecule has 0 aromatic carbocycles. The Kier molecular flexibility index (Phi) is 6.57. The van der Waals surface area contributed by atoms with Crippen LogP contribution in [0.2, 0.25) is 0 Å². The molecule has 0 aliphatic carbocycles. The van der Waals surface area contributed by atoms with Gasteiger partial charge in [0.05, 0.1) is 6.10 Å². The first-order valence-electron chi connectivity index (χ1n) is 4.62. The van der Waals surface area contributed by atoms with Crippen LogP contribution in [-0.2, 0) is 0 Å². The minimum Gasteiger partial charge on any atom is -0.392 e. The maximum absolute atomic E-state index is 9.00. The van der Waals surface area contributed by atoms with Crippen LogP contribution in [0.3, 0.4) is 0 Å². The van der Waals surface area contributed by atoms with Gasteiger partial charge in [0.25, 0.3) is 0 Å². The lowest BCUT2D eigenvalue weighted by Crippen LogP contribution is -2.33. The smallest absolute Gasteiger partial charge is 0.0636 e. The lowest BCUT2D eigenvalue weighted by Gasteiger charge is -2.16. The van der Waals surface area contributed by atoms with Crippen LogP contribution in [0.1, 0.15) is 40.0 Å². The molecule has 0 saturated heterocycles. The van der Waals surface area contributed by atoms with Crippen molar-refractivity contribution in [3.05, 3.63) is 0 Å². The third-order valence-electron chi connectivity index (χ3n) is 1.83. The van der Waals surface area contributed by atoms with Gasteiger partial charge in [-0.3, -0.25) is 0 Å². The molecule has 2 nitrogen and oxygen atoms in total. The van der Waals surface area contributed by atoms with Gasteiger partial charge in [0, 0.05) is 12.6 Å². The Bertz CT molecular complexity index is 83.6. The van der Waals surface area contributed by atoms with Gasteiger partial charge in [0.15, 0.2) is 0 Å². The monoisotopic (exact) mass is 159 g/mol. The molecule has 0 bridgehead atoms. The van der Waals surface area contributed by atoms with Crippen molar-refractivity contribution in [2.75, 3.05) is 6.54 Å². The summed E-state index contributed by atoms with van der Waals surface area (Å²) in [6.07, 6.45) is 3.36. The summed E-state index contributed by atoms with van der Waals surface area (Å²) >= 11 is 0. The average Bonchev–Trinajstić information content (AvgIpc) is 1.97. The van der Waals surface area contributed by atoms with E-state index in [4.69, 9.17) is 5.11 Å². The summed E-state index contributed by atoms with van der Waals surface area (Å²) in [5.74, 6) is 0. The first kappa shape index (κ1) is 10.9. The summed E-state index contributed by atoms with van der Waals surface area (Å²) in [5, 5.41) is 12.3. The van der Waals surface area contributed by atoms with Crippen molar-refractivity contribution < 1.29 is 5.11 Å². The second kappa shape index (κ2) is 6.62. The van der Waals surface area contributed by atoms with E-state index in [1.807, 2.05) is 6.92 Å². The zero-order valence-corrected chi connectivity index (χ0v) is 7.93.